The maximum Gasteiger partial charge on any atom is 0.397 e. The number of amides is 12. The third-order valence-corrected chi connectivity index (χ3v) is 25.3. The molecule has 4 saturated carbocycles. The van der Waals surface area contributed by atoms with Crippen LogP contribution in [0.2, 0.25) is 0 Å². The number of fused-ring (bicyclic) bond motifs is 3. The van der Waals surface area contributed by atoms with Crippen molar-refractivity contribution in [1.29, 1.82) is 0 Å². The molecule has 110 heavy (non-hydrogen) atoms. The number of nitrogens with zero attached hydrogens (tertiary/aromatic N) is 10. The van der Waals surface area contributed by atoms with Gasteiger partial charge in [0.2, 0.25) is 70.9 Å². The van der Waals surface area contributed by atoms with Crippen molar-refractivity contribution in [1.82, 2.24) is 64.9 Å². The maximum absolute atomic E-state index is 15.8. The summed E-state index contributed by atoms with van der Waals surface area (Å²) in [6.07, 6.45) is -17.2. The van der Waals surface area contributed by atoms with E-state index in [0.717, 1.165) is 29.4 Å². The largest absolute Gasteiger partial charge is 0.397 e. The number of nitrogens with one attached hydrogen (secondary N) is 3. The number of alkyl halides is 10. The predicted octanol–water partition coefficient (Wildman–Crippen LogP) is 6.24. The zero-order valence-corrected chi connectivity index (χ0v) is 65.4. The van der Waals surface area contributed by atoms with Crippen LogP contribution in [0.15, 0.2) is 0 Å². The summed E-state index contributed by atoms with van der Waals surface area (Å²) in [5.74, 6) is -20.4. The van der Waals surface area contributed by atoms with Crippen LogP contribution >= 0.6 is 0 Å². The Morgan fingerprint density at radius 1 is 0.582 bits per heavy atom. The van der Waals surface area contributed by atoms with Gasteiger partial charge in [-0.1, -0.05) is 40.0 Å². The lowest BCUT2D eigenvalue weighted by atomic mass is 9.74. The molecule has 12 amide bonds. The van der Waals surface area contributed by atoms with Gasteiger partial charge >= 0.3 is 12.4 Å². The van der Waals surface area contributed by atoms with E-state index in [2.05, 4.69) is 16.0 Å². The molecule has 0 aromatic heterocycles. The van der Waals surface area contributed by atoms with Gasteiger partial charge in [-0.3, -0.25) is 62.4 Å². The molecule has 25 nitrogen and oxygen atoms in total. The average Bonchev–Trinajstić information content (AvgIpc) is 1.30. The van der Waals surface area contributed by atoms with Crippen molar-refractivity contribution in [2.75, 3.05) is 95.6 Å². The van der Waals surface area contributed by atoms with Crippen LogP contribution in [0, 0.1) is 35.5 Å². The number of likely N-dealkylation sites (tertiary alicyclic amines) is 1. The topological polar surface area (TPSA) is 273 Å². The van der Waals surface area contributed by atoms with E-state index in [9.17, 15) is 63.9 Å². The van der Waals surface area contributed by atoms with Crippen molar-refractivity contribution in [3.05, 3.63) is 0 Å². The number of halogens is 10. The summed E-state index contributed by atoms with van der Waals surface area (Å²) in [4.78, 5) is 193. The van der Waals surface area contributed by atoms with Gasteiger partial charge in [0.25, 0.3) is 5.92 Å². The van der Waals surface area contributed by atoms with Crippen LogP contribution in [0.1, 0.15) is 181 Å². The van der Waals surface area contributed by atoms with Gasteiger partial charge in [0, 0.05) is 101 Å². The zero-order chi connectivity index (χ0) is 81.6. The average molecular weight is 1580 g/mol. The minimum Gasteiger partial charge on any atom is -0.347 e. The van der Waals surface area contributed by atoms with Gasteiger partial charge in [-0.05, 0) is 146 Å². The van der Waals surface area contributed by atoms with Crippen LogP contribution < -0.4 is 16.0 Å². The quantitative estimate of drug-likeness (QED) is 0.194. The Balaban J connectivity index is 1.21. The second-order valence-electron chi connectivity index (χ2n) is 32.9. The maximum atomic E-state index is 15.8. The molecule has 4 saturated heterocycles. The van der Waals surface area contributed by atoms with E-state index >= 15 is 37.5 Å². The molecule has 12 atom stereocenters. The van der Waals surface area contributed by atoms with E-state index in [1.54, 1.807) is 25.7 Å². The van der Waals surface area contributed by atoms with Gasteiger partial charge in [-0.2, -0.15) is 26.3 Å². The Morgan fingerprint density at radius 2 is 1.18 bits per heavy atom. The minimum atomic E-state index is -5.25. The fraction of sp³-hybridized carbons (Fsp3) is 0.840. The van der Waals surface area contributed by atoms with Crippen LogP contribution in [0.5, 0.6) is 0 Å². The van der Waals surface area contributed by atoms with Crippen molar-refractivity contribution < 1.29 is 101 Å². The smallest absolute Gasteiger partial charge is 0.347 e. The fourth-order valence-electron chi connectivity index (χ4n) is 18.0. The van der Waals surface area contributed by atoms with E-state index < -0.39 is 249 Å². The van der Waals surface area contributed by atoms with Crippen LogP contribution in [0.25, 0.3) is 0 Å². The number of piperidine rings is 1. The molecule has 3 N–H and O–H groups in total. The van der Waals surface area contributed by atoms with E-state index in [4.69, 9.17) is 0 Å². The first-order valence-electron chi connectivity index (χ1n) is 39.3. The number of carbonyl (C=O) groups excluding carboxylic acids is 12. The first-order valence-corrected chi connectivity index (χ1v) is 39.3. The molecular weight excluding hydrogens is 1460 g/mol. The summed E-state index contributed by atoms with van der Waals surface area (Å²) in [6, 6.07) is -12.4. The molecule has 0 aromatic carbocycles. The highest BCUT2D eigenvalue weighted by atomic mass is 19.4. The molecule has 8 rings (SSSR count). The lowest BCUT2D eigenvalue weighted by Crippen LogP contribution is -2.68. The third kappa shape index (κ3) is 20.6. The molecule has 8 fully saturated rings. The predicted molar refractivity (Wildman–Crippen MR) is 382 cm³/mol. The molecule has 4 aliphatic carbocycles. The minimum absolute atomic E-state index is 0.00223. The molecule has 2 bridgehead atoms. The standard InChI is InChI=1S/C75H115F10N13O12/c1-12-43(3)61-69(108)91(7)42-59(101)93(9)53-21-16-17-32-97(68(53)107)56(37-44-22-25-47(26-23-44)74(80,81)82)67(106)90(6)41-57(99)86-51(27-24-45-35-49(76)60(50(77)36-45)75(83,84)85)65(104)98-40-48(96-33-30-73(78,79)31-34-96)38-54(98)64(103)88-72(28-18-29-72)71(110)95(11)62(46-19-14-15-20-46)70(109)94(10)55(66(105)89(4)5)39-58(100)92(8)52(13-2)63(102)87-61/h43-56,60-62H,12-42H2,1-11H3,(H,86,99)(H,87,102)(H,88,103)/t43-,44?,45?,47?,48+,49?,50?,51-,52-,53-,54-,55-,56-,60?,61-,62-/m0/s1. The first-order chi connectivity index (χ1) is 51.4. The Morgan fingerprint density at radius 3 is 1.74 bits per heavy atom. The van der Waals surface area contributed by atoms with Gasteiger partial charge in [-0.25, -0.2) is 17.6 Å². The van der Waals surface area contributed by atoms with Crippen molar-refractivity contribution in [3.63, 3.8) is 0 Å². The normalized spacial score (nSPS) is 32.8. The summed E-state index contributed by atoms with van der Waals surface area (Å²) < 4.78 is 145. The highest BCUT2D eigenvalue weighted by molar-refractivity contribution is 6.01. The van der Waals surface area contributed by atoms with E-state index in [-0.39, 0.29) is 103 Å². The molecule has 1 spiro atoms. The van der Waals surface area contributed by atoms with Crippen LogP contribution in [0.3, 0.4) is 0 Å². The lowest BCUT2D eigenvalue weighted by Gasteiger charge is -2.46. The van der Waals surface area contributed by atoms with E-state index in [1.165, 1.54) is 71.1 Å². The van der Waals surface area contributed by atoms with Crippen LogP contribution in [0.4, 0.5) is 43.9 Å². The van der Waals surface area contributed by atoms with Crippen LogP contribution in [-0.4, -0.2) is 306 Å². The van der Waals surface area contributed by atoms with Crippen molar-refractivity contribution >= 4 is 70.9 Å². The van der Waals surface area contributed by atoms with Crippen molar-refractivity contribution in [3.8, 4) is 0 Å². The third-order valence-electron chi connectivity index (χ3n) is 25.3. The van der Waals surface area contributed by atoms with Gasteiger partial charge in [-0.15, -0.1) is 0 Å². The number of hydrogen-bond acceptors (Lipinski definition) is 13. The Labute approximate surface area is 638 Å². The number of hydrogen-bond donors (Lipinski definition) is 3. The summed E-state index contributed by atoms with van der Waals surface area (Å²) in [6.45, 7) is 2.64. The van der Waals surface area contributed by atoms with Gasteiger partial charge in [0.1, 0.15) is 72.1 Å². The zero-order valence-electron chi connectivity index (χ0n) is 65.4. The van der Waals surface area contributed by atoms with Gasteiger partial charge in [0.15, 0.2) is 0 Å². The highest BCUT2D eigenvalue weighted by Gasteiger charge is 2.57. The second kappa shape index (κ2) is 36.8. The molecule has 0 radical (unpaired) electrons. The molecule has 0 aromatic rings. The molecule has 4 heterocycles. The Bertz CT molecular complexity index is 3300. The van der Waals surface area contributed by atoms with Crippen molar-refractivity contribution in [2.24, 2.45) is 35.5 Å². The molecule has 8 aliphatic rings. The Hall–Kier alpha value is -7.10. The van der Waals surface area contributed by atoms with E-state index in [0.29, 0.717) is 44.9 Å². The molecule has 35 heteroatoms. The highest BCUT2D eigenvalue weighted by Crippen LogP contribution is 2.46. The SMILES string of the molecule is CC[C@H](C)[C@@H]1NC(=O)[C@H](CC)N(C)C(=O)C[C@@H](C(=O)N(C)C)N(C)C(=O)[C@H](C2CCCC2)N(C)C(=O)C2(CCC2)NC(=O)[C@@H]2C[C@@H](N3CCC(F)(F)CC3)CN2C(=O)[C@H](CCC2CC(F)C(C(F)(F)F)C(F)C2)NC(=O)CN(C)C(=O)[C@H](CC2CCC(C(F)(F)F)CC2)N2CCCC[C@@H](C2=O)N(C)C(=O)CN(C)C1=O. The lowest BCUT2D eigenvalue weighted by molar-refractivity contribution is -0.219. The Kier molecular flexibility index (Phi) is 29.6. The van der Waals surface area contributed by atoms with Crippen molar-refractivity contribution in [2.45, 2.75) is 272 Å². The monoisotopic (exact) mass is 1580 g/mol. The molecular formula is C75H115F10N13O12. The number of carbonyl (C=O) groups is 12. The fourth-order valence-corrected chi connectivity index (χ4v) is 18.0. The van der Waals surface area contributed by atoms with E-state index in [1.807, 2.05) is 0 Å². The second-order valence-corrected chi connectivity index (χ2v) is 32.9. The summed E-state index contributed by atoms with van der Waals surface area (Å²) in [7, 11) is 10.7. The van der Waals surface area contributed by atoms with Gasteiger partial charge in [0.05, 0.1) is 25.4 Å². The molecule has 2 unspecified atom stereocenters. The number of likely N-dealkylation sites (N-methyl/N-ethyl adjacent to an activating group) is 7. The first kappa shape index (κ1) is 88.5. The summed E-state index contributed by atoms with van der Waals surface area (Å²) >= 11 is 0. The summed E-state index contributed by atoms with van der Waals surface area (Å²) in [5, 5.41) is 8.31. The molecule has 622 valence electrons. The summed E-state index contributed by atoms with van der Waals surface area (Å²) in [5.41, 5.74) is -1.77. The molecule has 4 aliphatic heterocycles. The van der Waals surface area contributed by atoms with Gasteiger partial charge < -0.3 is 60.0 Å². The van der Waals surface area contributed by atoms with Crippen LogP contribution in [-0.2, 0) is 57.5 Å². The number of rotatable bonds is 11.